The number of carbonyl (C=O) groups is 1. The minimum atomic E-state index is -0.606. The maximum absolute atomic E-state index is 11.2. The lowest BCUT2D eigenvalue weighted by molar-refractivity contribution is -0.152. The van der Waals surface area contributed by atoms with Gasteiger partial charge in [-0.15, -0.1) is 0 Å². The highest BCUT2D eigenvalue weighted by Gasteiger charge is 2.39. The molecule has 21 heavy (non-hydrogen) atoms. The van der Waals surface area contributed by atoms with Crippen LogP contribution in [0.4, 0.5) is 5.82 Å². The van der Waals surface area contributed by atoms with Crippen LogP contribution >= 0.6 is 0 Å². The Kier molecular flexibility index (Phi) is 3.43. The smallest absolute Gasteiger partial charge is 0.303 e. The van der Waals surface area contributed by atoms with Gasteiger partial charge in [-0.1, -0.05) is 0 Å². The maximum Gasteiger partial charge on any atom is 0.303 e. The molecule has 3 N–H and O–H groups in total. The van der Waals surface area contributed by atoms with Crippen LogP contribution < -0.4 is 5.73 Å². The molecule has 3 heterocycles. The SMILES string of the molecule is CC(=O)OC1CC(CO)OC1n1cnc2c(N)ncnc21. The number of aromatic nitrogens is 4. The molecule has 0 spiro atoms. The molecule has 112 valence electrons. The molecule has 1 aliphatic rings. The Morgan fingerprint density at radius 2 is 2.38 bits per heavy atom. The number of aliphatic hydroxyl groups is 1. The van der Waals surface area contributed by atoms with Crippen molar-refractivity contribution in [1.29, 1.82) is 0 Å². The van der Waals surface area contributed by atoms with E-state index in [1.807, 2.05) is 0 Å². The van der Waals surface area contributed by atoms with Crippen molar-refractivity contribution in [2.45, 2.75) is 31.8 Å². The van der Waals surface area contributed by atoms with Crippen molar-refractivity contribution in [3.63, 3.8) is 0 Å². The highest BCUT2D eigenvalue weighted by atomic mass is 16.6. The van der Waals surface area contributed by atoms with E-state index in [2.05, 4.69) is 15.0 Å². The number of rotatable bonds is 3. The van der Waals surface area contributed by atoms with Crippen LogP contribution in [-0.4, -0.2) is 49.4 Å². The highest BCUT2D eigenvalue weighted by molar-refractivity contribution is 5.81. The summed E-state index contributed by atoms with van der Waals surface area (Å²) in [7, 11) is 0. The zero-order valence-corrected chi connectivity index (χ0v) is 11.3. The van der Waals surface area contributed by atoms with Gasteiger partial charge in [-0.05, 0) is 0 Å². The van der Waals surface area contributed by atoms with E-state index in [-0.39, 0.29) is 12.4 Å². The molecule has 0 bridgehead atoms. The molecule has 3 atom stereocenters. The van der Waals surface area contributed by atoms with Crippen LogP contribution in [0.2, 0.25) is 0 Å². The number of esters is 1. The fraction of sp³-hybridized carbons (Fsp3) is 0.500. The number of nitrogens with zero attached hydrogens (tertiary/aromatic N) is 4. The third kappa shape index (κ3) is 2.41. The lowest BCUT2D eigenvalue weighted by Gasteiger charge is -2.19. The van der Waals surface area contributed by atoms with Gasteiger partial charge in [0.1, 0.15) is 17.9 Å². The number of carbonyl (C=O) groups excluding carboxylic acids is 1. The van der Waals surface area contributed by atoms with Crippen LogP contribution in [-0.2, 0) is 14.3 Å². The van der Waals surface area contributed by atoms with Gasteiger partial charge < -0.3 is 20.3 Å². The summed E-state index contributed by atoms with van der Waals surface area (Å²) >= 11 is 0. The molecule has 3 unspecified atom stereocenters. The van der Waals surface area contributed by atoms with E-state index in [0.717, 1.165) is 0 Å². The zero-order valence-electron chi connectivity index (χ0n) is 11.3. The van der Waals surface area contributed by atoms with Crippen LogP contribution in [0.3, 0.4) is 0 Å². The van der Waals surface area contributed by atoms with E-state index in [4.69, 9.17) is 15.2 Å². The number of hydrogen-bond acceptors (Lipinski definition) is 8. The van der Waals surface area contributed by atoms with Gasteiger partial charge in [0, 0.05) is 13.3 Å². The van der Waals surface area contributed by atoms with E-state index in [1.165, 1.54) is 19.6 Å². The number of nitrogen functional groups attached to an aromatic ring is 1. The number of anilines is 1. The van der Waals surface area contributed by atoms with Crippen molar-refractivity contribution >= 4 is 23.0 Å². The second-order valence-corrected chi connectivity index (χ2v) is 4.80. The largest absolute Gasteiger partial charge is 0.458 e. The summed E-state index contributed by atoms with van der Waals surface area (Å²) in [5.74, 6) is -0.148. The van der Waals surface area contributed by atoms with Gasteiger partial charge in [-0.2, -0.15) is 0 Å². The topological polar surface area (TPSA) is 125 Å². The monoisotopic (exact) mass is 293 g/mol. The first-order valence-corrected chi connectivity index (χ1v) is 6.46. The van der Waals surface area contributed by atoms with E-state index in [0.29, 0.717) is 17.6 Å². The predicted octanol–water partition coefficient (Wildman–Crippen LogP) is -0.380. The summed E-state index contributed by atoms with van der Waals surface area (Å²) in [6.45, 7) is 1.17. The molecule has 0 aromatic carbocycles. The molecular weight excluding hydrogens is 278 g/mol. The Labute approximate surface area is 119 Å². The molecule has 1 fully saturated rings. The first-order chi connectivity index (χ1) is 10.1. The molecule has 0 aliphatic carbocycles. The number of ether oxygens (including phenoxy) is 2. The third-order valence-electron chi connectivity index (χ3n) is 3.33. The van der Waals surface area contributed by atoms with Crippen molar-refractivity contribution in [3.8, 4) is 0 Å². The normalized spacial score (nSPS) is 25.3. The summed E-state index contributed by atoms with van der Waals surface area (Å²) in [6, 6.07) is 0. The van der Waals surface area contributed by atoms with E-state index in [9.17, 15) is 9.90 Å². The Morgan fingerprint density at radius 1 is 1.57 bits per heavy atom. The van der Waals surface area contributed by atoms with Crippen molar-refractivity contribution in [3.05, 3.63) is 12.7 Å². The molecule has 9 nitrogen and oxygen atoms in total. The first-order valence-electron chi connectivity index (χ1n) is 6.46. The summed E-state index contributed by atoms with van der Waals surface area (Å²) in [5.41, 5.74) is 6.69. The summed E-state index contributed by atoms with van der Waals surface area (Å²) in [6.07, 6.45) is 1.71. The van der Waals surface area contributed by atoms with Crippen molar-refractivity contribution in [2.24, 2.45) is 0 Å². The predicted molar refractivity (Wildman–Crippen MR) is 70.9 cm³/mol. The maximum atomic E-state index is 11.2. The Hall–Kier alpha value is -2.26. The molecule has 3 rings (SSSR count). The van der Waals surface area contributed by atoms with E-state index >= 15 is 0 Å². The lowest BCUT2D eigenvalue weighted by Crippen LogP contribution is -2.24. The second-order valence-electron chi connectivity index (χ2n) is 4.80. The van der Waals surface area contributed by atoms with Crippen LogP contribution in [0.1, 0.15) is 19.6 Å². The average molecular weight is 293 g/mol. The van der Waals surface area contributed by atoms with Crippen molar-refractivity contribution < 1.29 is 19.4 Å². The molecule has 9 heteroatoms. The van der Waals surface area contributed by atoms with Gasteiger partial charge in [0.2, 0.25) is 0 Å². The highest BCUT2D eigenvalue weighted by Crippen LogP contribution is 2.33. The summed E-state index contributed by atoms with van der Waals surface area (Å²) in [4.78, 5) is 23.4. The third-order valence-corrected chi connectivity index (χ3v) is 3.33. The van der Waals surface area contributed by atoms with E-state index < -0.39 is 24.4 Å². The lowest BCUT2D eigenvalue weighted by atomic mass is 10.2. The van der Waals surface area contributed by atoms with Gasteiger partial charge >= 0.3 is 5.97 Å². The zero-order chi connectivity index (χ0) is 15.0. The molecule has 0 amide bonds. The number of imidazole rings is 1. The Bertz CT molecular complexity index is 673. The second kappa shape index (κ2) is 5.26. The average Bonchev–Trinajstić information content (AvgIpc) is 3.02. The number of hydrogen-bond donors (Lipinski definition) is 2. The fourth-order valence-corrected chi connectivity index (χ4v) is 2.45. The van der Waals surface area contributed by atoms with E-state index in [1.54, 1.807) is 4.57 Å². The van der Waals surface area contributed by atoms with Crippen LogP contribution in [0, 0.1) is 0 Å². The fourth-order valence-electron chi connectivity index (χ4n) is 2.45. The van der Waals surface area contributed by atoms with Crippen molar-refractivity contribution in [1.82, 2.24) is 19.5 Å². The van der Waals surface area contributed by atoms with Gasteiger partial charge in [0.25, 0.3) is 0 Å². The molecule has 2 aromatic heterocycles. The number of nitrogens with two attached hydrogens (primary N) is 1. The van der Waals surface area contributed by atoms with Crippen LogP contribution in [0.5, 0.6) is 0 Å². The molecule has 1 aliphatic heterocycles. The quantitative estimate of drug-likeness (QED) is 0.733. The molecule has 0 radical (unpaired) electrons. The standard InChI is InChI=1S/C12H15N5O4/c1-6(19)20-8-2-7(3-18)21-12(8)17-5-16-9-10(13)14-4-15-11(9)17/h4-5,7-8,12,18H,2-3H2,1H3,(H2,13,14,15). The van der Waals surface area contributed by atoms with Crippen LogP contribution in [0.15, 0.2) is 12.7 Å². The number of aliphatic hydroxyl groups excluding tert-OH is 1. The minimum Gasteiger partial charge on any atom is -0.458 e. The molecule has 0 saturated carbocycles. The van der Waals surface area contributed by atoms with Crippen LogP contribution in [0.25, 0.3) is 11.2 Å². The Balaban J connectivity index is 1.99. The van der Waals surface area contributed by atoms with Crippen molar-refractivity contribution in [2.75, 3.05) is 12.3 Å². The number of fused-ring (bicyclic) bond motifs is 1. The molecule has 1 saturated heterocycles. The summed E-state index contributed by atoms with van der Waals surface area (Å²) in [5, 5.41) is 9.25. The minimum absolute atomic E-state index is 0.155. The summed E-state index contributed by atoms with van der Waals surface area (Å²) < 4.78 is 12.6. The molecular formula is C12H15N5O4. The van der Waals surface area contributed by atoms with Gasteiger partial charge in [-0.3, -0.25) is 9.36 Å². The van der Waals surface area contributed by atoms with Gasteiger partial charge in [0.05, 0.1) is 19.0 Å². The Morgan fingerprint density at radius 3 is 3.10 bits per heavy atom. The first kappa shape index (κ1) is 13.7. The molecule has 2 aromatic rings. The van der Waals surface area contributed by atoms with Gasteiger partial charge in [-0.25, -0.2) is 15.0 Å². The van der Waals surface area contributed by atoms with Gasteiger partial charge in [0.15, 0.2) is 17.7 Å².